The van der Waals surface area contributed by atoms with Crippen molar-refractivity contribution in [3.63, 3.8) is 0 Å². The highest BCUT2D eigenvalue weighted by atomic mass is 35.5. The largest absolute Gasteiger partial charge is 0.492 e. The molecule has 88 valence electrons. The second-order valence-electron chi connectivity index (χ2n) is 3.49. The van der Waals surface area contributed by atoms with Crippen LogP contribution in [0.15, 0.2) is 24.3 Å². The average molecular weight is 243 g/mol. The molecular formula is C12H15ClO3. The van der Waals surface area contributed by atoms with Gasteiger partial charge in [0, 0.05) is 0 Å². The van der Waals surface area contributed by atoms with Crippen LogP contribution in [0.2, 0.25) is 5.02 Å². The van der Waals surface area contributed by atoms with Crippen LogP contribution in [0.25, 0.3) is 0 Å². The molecule has 0 bridgehead atoms. The molecule has 0 saturated carbocycles. The molecule has 0 radical (unpaired) electrons. The molecular weight excluding hydrogens is 228 g/mol. The number of hydrogen-bond donors (Lipinski definition) is 0. The Morgan fingerprint density at radius 3 is 2.75 bits per heavy atom. The van der Waals surface area contributed by atoms with E-state index in [-0.39, 0.29) is 11.9 Å². The van der Waals surface area contributed by atoms with Gasteiger partial charge in [-0.1, -0.05) is 30.7 Å². The van der Waals surface area contributed by atoms with E-state index in [2.05, 4.69) is 4.74 Å². The minimum absolute atomic E-state index is 0.160. The fourth-order valence-corrected chi connectivity index (χ4v) is 1.42. The summed E-state index contributed by atoms with van der Waals surface area (Å²) in [5, 5.41) is 0.577. The lowest BCUT2D eigenvalue weighted by atomic mass is 10.1. The Morgan fingerprint density at radius 2 is 2.12 bits per heavy atom. The van der Waals surface area contributed by atoms with Crippen LogP contribution in [0.5, 0.6) is 5.75 Å². The summed E-state index contributed by atoms with van der Waals surface area (Å²) in [7, 11) is 1.38. The molecule has 1 atom stereocenters. The zero-order valence-electron chi connectivity index (χ0n) is 9.40. The highest BCUT2D eigenvalue weighted by Gasteiger charge is 2.12. The third kappa shape index (κ3) is 3.74. The highest BCUT2D eigenvalue weighted by molar-refractivity contribution is 6.32. The second kappa shape index (κ2) is 6.38. The van der Waals surface area contributed by atoms with Gasteiger partial charge in [-0.2, -0.15) is 0 Å². The second-order valence-corrected chi connectivity index (χ2v) is 3.90. The number of carbonyl (C=O) groups excluding carboxylic acids is 1. The number of esters is 1. The summed E-state index contributed by atoms with van der Waals surface area (Å²) in [6, 6.07) is 7.25. The Bertz CT molecular complexity index is 352. The van der Waals surface area contributed by atoms with Crippen molar-refractivity contribution in [2.24, 2.45) is 5.92 Å². The Kier molecular flexibility index (Phi) is 5.12. The van der Waals surface area contributed by atoms with Gasteiger partial charge < -0.3 is 9.47 Å². The molecule has 1 aromatic carbocycles. The molecule has 0 aromatic heterocycles. The smallest absolute Gasteiger partial charge is 0.308 e. The van der Waals surface area contributed by atoms with E-state index in [0.29, 0.717) is 23.8 Å². The Hall–Kier alpha value is -1.22. The van der Waals surface area contributed by atoms with E-state index in [1.165, 1.54) is 7.11 Å². The van der Waals surface area contributed by atoms with Crippen LogP contribution in [0.3, 0.4) is 0 Å². The predicted molar refractivity (Wildman–Crippen MR) is 62.7 cm³/mol. The number of benzene rings is 1. The minimum Gasteiger partial charge on any atom is -0.492 e. The minimum atomic E-state index is -0.220. The molecule has 0 spiro atoms. The maximum Gasteiger partial charge on any atom is 0.308 e. The molecule has 1 aromatic rings. The van der Waals surface area contributed by atoms with Gasteiger partial charge in [0.25, 0.3) is 0 Å². The molecule has 0 saturated heterocycles. The van der Waals surface area contributed by atoms with Gasteiger partial charge in [0.05, 0.1) is 24.7 Å². The SMILES string of the molecule is COC(=O)C(C)CCOc1ccccc1Cl. The van der Waals surface area contributed by atoms with E-state index < -0.39 is 0 Å². The Balaban J connectivity index is 2.36. The van der Waals surface area contributed by atoms with Crippen molar-refractivity contribution in [1.29, 1.82) is 0 Å². The lowest BCUT2D eigenvalue weighted by molar-refractivity contribution is -0.145. The van der Waals surface area contributed by atoms with Crippen molar-refractivity contribution in [3.8, 4) is 5.75 Å². The molecule has 0 aliphatic carbocycles. The van der Waals surface area contributed by atoms with Gasteiger partial charge in [0.15, 0.2) is 0 Å². The summed E-state index contributed by atoms with van der Waals surface area (Å²) in [5.41, 5.74) is 0. The summed E-state index contributed by atoms with van der Waals surface area (Å²) in [6.45, 7) is 2.25. The summed E-state index contributed by atoms with van der Waals surface area (Å²) in [5.74, 6) is 0.261. The van der Waals surface area contributed by atoms with Crippen LogP contribution in [0.4, 0.5) is 0 Å². The van der Waals surface area contributed by atoms with Gasteiger partial charge in [-0.05, 0) is 18.6 Å². The standard InChI is InChI=1S/C12H15ClO3/c1-9(12(14)15-2)7-8-16-11-6-4-3-5-10(11)13/h3-6,9H,7-8H2,1-2H3. The highest BCUT2D eigenvalue weighted by Crippen LogP contribution is 2.23. The fraction of sp³-hybridized carbons (Fsp3) is 0.417. The Labute approximate surface area is 100 Å². The van der Waals surface area contributed by atoms with Gasteiger partial charge in [-0.15, -0.1) is 0 Å². The van der Waals surface area contributed by atoms with Gasteiger partial charge in [0.1, 0.15) is 5.75 Å². The molecule has 0 N–H and O–H groups in total. The van der Waals surface area contributed by atoms with E-state index in [9.17, 15) is 4.79 Å². The molecule has 16 heavy (non-hydrogen) atoms. The van der Waals surface area contributed by atoms with E-state index in [1.807, 2.05) is 19.1 Å². The monoisotopic (exact) mass is 242 g/mol. The maximum absolute atomic E-state index is 11.1. The van der Waals surface area contributed by atoms with Crippen molar-refractivity contribution in [1.82, 2.24) is 0 Å². The number of para-hydroxylation sites is 1. The predicted octanol–water partition coefficient (Wildman–Crippen LogP) is 2.92. The van der Waals surface area contributed by atoms with Gasteiger partial charge >= 0.3 is 5.97 Å². The summed E-state index contributed by atoms with van der Waals surface area (Å²) >= 11 is 5.91. The molecule has 0 heterocycles. The maximum atomic E-state index is 11.1. The van der Waals surface area contributed by atoms with Crippen LogP contribution in [0, 0.1) is 5.92 Å². The van der Waals surface area contributed by atoms with E-state index in [0.717, 1.165) is 0 Å². The van der Waals surface area contributed by atoms with Crippen molar-refractivity contribution < 1.29 is 14.3 Å². The van der Waals surface area contributed by atoms with Crippen LogP contribution in [0.1, 0.15) is 13.3 Å². The molecule has 3 nitrogen and oxygen atoms in total. The first-order valence-electron chi connectivity index (χ1n) is 5.10. The topological polar surface area (TPSA) is 35.5 Å². The van der Waals surface area contributed by atoms with E-state index >= 15 is 0 Å². The molecule has 1 rings (SSSR count). The number of rotatable bonds is 5. The van der Waals surface area contributed by atoms with E-state index in [4.69, 9.17) is 16.3 Å². The molecule has 1 unspecified atom stereocenters. The van der Waals surface area contributed by atoms with Crippen LogP contribution in [-0.4, -0.2) is 19.7 Å². The van der Waals surface area contributed by atoms with Crippen molar-refractivity contribution in [2.75, 3.05) is 13.7 Å². The van der Waals surface area contributed by atoms with Gasteiger partial charge in [-0.25, -0.2) is 0 Å². The summed E-state index contributed by atoms with van der Waals surface area (Å²) < 4.78 is 10.1. The first-order valence-corrected chi connectivity index (χ1v) is 5.48. The zero-order chi connectivity index (χ0) is 12.0. The van der Waals surface area contributed by atoms with E-state index in [1.54, 1.807) is 12.1 Å². The van der Waals surface area contributed by atoms with Crippen molar-refractivity contribution >= 4 is 17.6 Å². The van der Waals surface area contributed by atoms with Gasteiger partial charge in [0.2, 0.25) is 0 Å². The number of ether oxygens (including phenoxy) is 2. The number of methoxy groups -OCH3 is 1. The first kappa shape index (κ1) is 12.8. The third-order valence-corrected chi connectivity index (χ3v) is 2.56. The van der Waals surface area contributed by atoms with Crippen LogP contribution < -0.4 is 4.74 Å². The third-order valence-electron chi connectivity index (χ3n) is 2.25. The zero-order valence-corrected chi connectivity index (χ0v) is 10.2. The lowest BCUT2D eigenvalue weighted by Crippen LogP contribution is -2.15. The molecule has 0 aliphatic heterocycles. The summed E-state index contributed by atoms with van der Waals surface area (Å²) in [4.78, 5) is 11.1. The number of carbonyl (C=O) groups is 1. The fourth-order valence-electron chi connectivity index (χ4n) is 1.23. The quantitative estimate of drug-likeness (QED) is 0.745. The van der Waals surface area contributed by atoms with Gasteiger partial charge in [-0.3, -0.25) is 4.79 Å². The molecule has 4 heteroatoms. The average Bonchev–Trinajstić information content (AvgIpc) is 2.30. The number of hydrogen-bond acceptors (Lipinski definition) is 3. The molecule has 0 fully saturated rings. The summed E-state index contributed by atoms with van der Waals surface area (Å²) in [6.07, 6.45) is 0.609. The van der Waals surface area contributed by atoms with Crippen LogP contribution >= 0.6 is 11.6 Å². The number of halogens is 1. The van der Waals surface area contributed by atoms with Crippen molar-refractivity contribution in [3.05, 3.63) is 29.3 Å². The molecule has 0 aliphatic rings. The lowest BCUT2D eigenvalue weighted by Gasteiger charge is -2.11. The normalized spacial score (nSPS) is 11.9. The molecule has 0 amide bonds. The Morgan fingerprint density at radius 1 is 1.44 bits per heavy atom. The first-order chi connectivity index (χ1) is 7.65. The van der Waals surface area contributed by atoms with Crippen LogP contribution in [-0.2, 0) is 9.53 Å². The van der Waals surface area contributed by atoms with Crippen molar-refractivity contribution in [2.45, 2.75) is 13.3 Å².